The zero-order valence-corrected chi connectivity index (χ0v) is 8.08. The maximum Gasteiger partial charge on any atom is 0.631 e. The molecule has 0 unspecified atom stereocenters. The Balaban J connectivity index is -0.00000000600. The van der Waals surface area contributed by atoms with Crippen LogP contribution in [0.15, 0.2) is 0 Å². The molecule has 0 atom stereocenters. The van der Waals surface area contributed by atoms with E-state index in [1.54, 1.807) is 0 Å². The van der Waals surface area contributed by atoms with Gasteiger partial charge in [0.15, 0.2) is 0 Å². The van der Waals surface area contributed by atoms with Crippen molar-refractivity contribution in [1.82, 2.24) is 36.9 Å². The van der Waals surface area contributed by atoms with Crippen molar-refractivity contribution in [2.24, 2.45) is 0 Å². The largest absolute Gasteiger partial charge is 0.631 e. The van der Waals surface area contributed by atoms with E-state index in [-0.39, 0.29) is 36.9 Å². The SMILES string of the molecule is N.N.N.N.N.N.OB(O)O.OB(O)O. The van der Waals surface area contributed by atoms with E-state index < -0.39 is 14.6 Å². The summed E-state index contributed by atoms with van der Waals surface area (Å²) in [6.45, 7) is 0. The van der Waals surface area contributed by atoms with Crippen LogP contribution in [0.4, 0.5) is 0 Å². The highest BCUT2D eigenvalue weighted by molar-refractivity contribution is 6.30. The summed E-state index contributed by atoms with van der Waals surface area (Å²) in [5, 5.41) is 43.0. The Morgan fingerprint density at radius 1 is 0.357 bits per heavy atom. The summed E-state index contributed by atoms with van der Waals surface area (Å²) in [5.74, 6) is 0. The van der Waals surface area contributed by atoms with Crippen LogP contribution in [-0.4, -0.2) is 44.8 Å². The Hall–Kier alpha value is -0.350. The minimum absolute atomic E-state index is 0. The van der Waals surface area contributed by atoms with Gasteiger partial charge in [-0.05, 0) is 0 Å². The van der Waals surface area contributed by atoms with Crippen molar-refractivity contribution in [2.45, 2.75) is 0 Å². The average molecular weight is 226 g/mol. The van der Waals surface area contributed by atoms with Gasteiger partial charge in [0.25, 0.3) is 0 Å². The number of hydrogen-bond donors (Lipinski definition) is 12. The highest BCUT2D eigenvalue weighted by Gasteiger charge is 1.93. The molecule has 0 aliphatic carbocycles. The zero-order chi connectivity index (χ0) is 7.15. The van der Waals surface area contributed by atoms with Gasteiger partial charge in [0.1, 0.15) is 0 Å². The Morgan fingerprint density at radius 2 is 0.357 bits per heavy atom. The topological polar surface area (TPSA) is 331 Å². The predicted molar refractivity (Wildman–Crippen MR) is 55.0 cm³/mol. The molecule has 0 amide bonds. The molecule has 0 saturated carbocycles. The van der Waals surface area contributed by atoms with Crippen molar-refractivity contribution >= 4 is 14.6 Å². The molecule has 24 N–H and O–H groups in total. The second-order valence-electron chi connectivity index (χ2n) is 0.693. The maximum atomic E-state index is 7.17. The van der Waals surface area contributed by atoms with Gasteiger partial charge in [-0.25, -0.2) is 0 Å². The van der Waals surface area contributed by atoms with Crippen LogP contribution in [0.25, 0.3) is 0 Å². The molecular formula is H24B2N6O6. The second kappa shape index (κ2) is 53.8. The van der Waals surface area contributed by atoms with Crippen molar-refractivity contribution in [2.75, 3.05) is 0 Å². The minimum atomic E-state index is -2.17. The summed E-state index contributed by atoms with van der Waals surface area (Å²) in [4.78, 5) is 0. The first kappa shape index (κ1) is 68.4. The van der Waals surface area contributed by atoms with Crippen LogP contribution in [0.5, 0.6) is 0 Å². The molecule has 0 saturated heterocycles. The summed E-state index contributed by atoms with van der Waals surface area (Å²) >= 11 is 0. The molecule has 14 heavy (non-hydrogen) atoms. The average Bonchev–Trinajstić information content (AvgIpc) is 1.25. The molecule has 0 bridgehead atoms. The third-order valence-corrected chi connectivity index (χ3v) is 0. The Morgan fingerprint density at radius 3 is 0.357 bits per heavy atom. The van der Waals surface area contributed by atoms with Crippen LogP contribution in [0.1, 0.15) is 0 Å². The highest BCUT2D eigenvalue weighted by Crippen LogP contribution is 1.40. The van der Waals surface area contributed by atoms with Gasteiger partial charge in [-0.3, -0.25) is 0 Å². The van der Waals surface area contributed by atoms with Crippen LogP contribution in [0.3, 0.4) is 0 Å². The lowest BCUT2D eigenvalue weighted by Crippen LogP contribution is -2.07. The van der Waals surface area contributed by atoms with E-state index in [0.717, 1.165) is 0 Å². The van der Waals surface area contributed by atoms with Gasteiger partial charge < -0.3 is 67.0 Å². The van der Waals surface area contributed by atoms with Crippen molar-refractivity contribution in [3.63, 3.8) is 0 Å². The van der Waals surface area contributed by atoms with Gasteiger partial charge in [0, 0.05) is 0 Å². The van der Waals surface area contributed by atoms with Crippen LogP contribution in [0, 0.1) is 0 Å². The van der Waals surface area contributed by atoms with Crippen LogP contribution >= 0.6 is 0 Å². The minimum Gasteiger partial charge on any atom is -0.402 e. The van der Waals surface area contributed by atoms with Gasteiger partial charge >= 0.3 is 14.6 Å². The lowest BCUT2D eigenvalue weighted by molar-refractivity contribution is 0.276. The summed E-state index contributed by atoms with van der Waals surface area (Å²) in [6.07, 6.45) is 0. The second-order valence-corrected chi connectivity index (χ2v) is 0.693. The molecule has 0 fully saturated rings. The molecule has 14 heteroatoms. The first-order valence-corrected chi connectivity index (χ1v) is 1.55. The Kier molecular flexibility index (Phi) is 263. The molecule has 0 rings (SSSR count). The van der Waals surface area contributed by atoms with E-state index in [1.807, 2.05) is 0 Å². The Labute approximate surface area is 82.8 Å². The molecule has 0 spiro atoms. The number of rotatable bonds is 0. The molecule has 0 aliphatic heterocycles. The summed E-state index contributed by atoms with van der Waals surface area (Å²) in [7, 11) is -4.33. The molecular weight excluding hydrogens is 202 g/mol. The molecule has 0 aromatic carbocycles. The Bertz CT molecular complexity index is 35.8. The third-order valence-electron chi connectivity index (χ3n) is 0. The lowest BCUT2D eigenvalue weighted by atomic mass is 10.3. The van der Waals surface area contributed by atoms with Crippen LogP contribution in [0.2, 0.25) is 0 Å². The molecule has 12 nitrogen and oxygen atoms in total. The van der Waals surface area contributed by atoms with Crippen LogP contribution in [-0.2, 0) is 0 Å². The van der Waals surface area contributed by atoms with Gasteiger partial charge in [-0.15, -0.1) is 0 Å². The van der Waals surface area contributed by atoms with Crippen molar-refractivity contribution in [3.8, 4) is 0 Å². The predicted octanol–water partition coefficient (Wildman–Crippen LogP) is -3.13. The fraction of sp³-hybridized carbons (Fsp3) is 0. The quantitative estimate of drug-likeness (QED) is 0.182. The molecule has 0 aromatic heterocycles. The normalized spacial score (nSPS) is 3.86. The van der Waals surface area contributed by atoms with Gasteiger partial charge in [0.05, 0.1) is 0 Å². The first-order chi connectivity index (χ1) is 3.46. The summed E-state index contributed by atoms with van der Waals surface area (Å²) in [5.41, 5.74) is 0. The maximum absolute atomic E-state index is 7.17. The molecule has 0 radical (unpaired) electrons. The lowest BCUT2D eigenvalue weighted by Gasteiger charge is -1.69. The number of hydrogen-bond acceptors (Lipinski definition) is 12. The molecule has 0 aliphatic rings. The smallest absolute Gasteiger partial charge is 0.402 e. The fourth-order valence-corrected chi connectivity index (χ4v) is 0. The van der Waals surface area contributed by atoms with Gasteiger partial charge in [0.2, 0.25) is 0 Å². The zero-order valence-electron chi connectivity index (χ0n) is 8.08. The molecule has 0 aromatic rings. The molecule has 96 valence electrons. The van der Waals surface area contributed by atoms with E-state index in [2.05, 4.69) is 0 Å². The van der Waals surface area contributed by atoms with E-state index in [4.69, 9.17) is 30.1 Å². The highest BCUT2D eigenvalue weighted by atomic mass is 16.5. The van der Waals surface area contributed by atoms with Crippen molar-refractivity contribution < 1.29 is 30.1 Å². The van der Waals surface area contributed by atoms with E-state index in [9.17, 15) is 0 Å². The summed E-state index contributed by atoms with van der Waals surface area (Å²) < 4.78 is 0. The van der Waals surface area contributed by atoms with E-state index >= 15 is 0 Å². The van der Waals surface area contributed by atoms with E-state index in [0.29, 0.717) is 0 Å². The van der Waals surface area contributed by atoms with Crippen molar-refractivity contribution in [1.29, 1.82) is 0 Å². The van der Waals surface area contributed by atoms with Crippen molar-refractivity contribution in [3.05, 3.63) is 0 Å². The van der Waals surface area contributed by atoms with E-state index in [1.165, 1.54) is 0 Å². The standard InChI is InChI=1S/2BH3O3.6H3N/c2*2-1(3)4;;;;;;/h2*2-4H;6*1H3. The summed E-state index contributed by atoms with van der Waals surface area (Å²) in [6, 6.07) is 0. The third kappa shape index (κ3) is 10800. The molecule has 0 heterocycles. The van der Waals surface area contributed by atoms with Gasteiger partial charge in [-0.1, -0.05) is 0 Å². The fourth-order valence-electron chi connectivity index (χ4n) is 0. The van der Waals surface area contributed by atoms with Gasteiger partial charge in [-0.2, -0.15) is 0 Å². The monoisotopic (exact) mass is 226 g/mol. The first-order valence-electron chi connectivity index (χ1n) is 1.55. The van der Waals surface area contributed by atoms with Crippen LogP contribution < -0.4 is 36.9 Å².